The molecule has 0 radical (unpaired) electrons. The van der Waals surface area contributed by atoms with Gasteiger partial charge in [0, 0.05) is 13.1 Å². The van der Waals surface area contributed by atoms with Crippen LogP contribution in [0.2, 0.25) is 0 Å². The number of guanidine groups is 1. The van der Waals surface area contributed by atoms with E-state index in [9.17, 15) is 5.11 Å². The lowest BCUT2D eigenvalue weighted by Gasteiger charge is -2.22. The SMILES string of the molecule is CCNC(=NCc1nncn1CC)NCC(C)(O)c1ccco1. The minimum absolute atomic E-state index is 0.271. The third kappa shape index (κ3) is 4.56. The maximum atomic E-state index is 10.5. The maximum Gasteiger partial charge on any atom is 0.191 e. The van der Waals surface area contributed by atoms with Crippen LogP contribution in [0.25, 0.3) is 0 Å². The van der Waals surface area contributed by atoms with Crippen LogP contribution in [-0.4, -0.2) is 38.9 Å². The lowest BCUT2D eigenvalue weighted by Crippen LogP contribution is -2.44. The molecule has 1 atom stereocenters. The number of furan rings is 1. The summed E-state index contributed by atoms with van der Waals surface area (Å²) in [7, 11) is 0. The van der Waals surface area contributed by atoms with Gasteiger partial charge in [0.25, 0.3) is 0 Å². The van der Waals surface area contributed by atoms with E-state index in [1.54, 1.807) is 31.6 Å². The smallest absolute Gasteiger partial charge is 0.191 e. The summed E-state index contributed by atoms with van der Waals surface area (Å²) in [5.41, 5.74) is -1.12. The van der Waals surface area contributed by atoms with E-state index >= 15 is 0 Å². The Bertz CT molecular complexity index is 618. The largest absolute Gasteiger partial charge is 0.466 e. The first kappa shape index (κ1) is 17.0. The van der Waals surface area contributed by atoms with Crippen LogP contribution < -0.4 is 10.6 Å². The Morgan fingerprint density at radius 3 is 2.91 bits per heavy atom. The van der Waals surface area contributed by atoms with E-state index in [4.69, 9.17) is 4.42 Å². The second kappa shape index (κ2) is 7.77. The van der Waals surface area contributed by atoms with Gasteiger partial charge in [-0.15, -0.1) is 10.2 Å². The number of nitrogens with one attached hydrogen (secondary N) is 2. The highest BCUT2D eigenvalue weighted by Gasteiger charge is 2.26. The number of aliphatic hydroxyl groups is 1. The van der Waals surface area contributed by atoms with Gasteiger partial charge in [-0.3, -0.25) is 0 Å². The van der Waals surface area contributed by atoms with Crippen LogP contribution in [0.3, 0.4) is 0 Å². The molecule has 0 amide bonds. The topological polar surface area (TPSA) is 100 Å². The Morgan fingerprint density at radius 1 is 1.43 bits per heavy atom. The summed E-state index contributed by atoms with van der Waals surface area (Å²) in [5, 5.41) is 24.7. The van der Waals surface area contributed by atoms with E-state index in [0.29, 0.717) is 18.3 Å². The molecule has 2 heterocycles. The average molecular weight is 320 g/mol. The van der Waals surface area contributed by atoms with Crippen LogP contribution in [0.5, 0.6) is 0 Å². The standard InChI is InChI=1S/C15H24N6O2/c1-4-16-14(17-9-13-20-19-11-21(13)5-2)18-10-15(3,22)12-7-6-8-23-12/h6-8,11,22H,4-5,9-10H2,1-3H3,(H2,16,17,18). The molecule has 126 valence electrons. The summed E-state index contributed by atoms with van der Waals surface area (Å²) in [5.74, 6) is 1.90. The first-order valence-electron chi connectivity index (χ1n) is 7.72. The summed E-state index contributed by atoms with van der Waals surface area (Å²) in [6, 6.07) is 3.50. The van der Waals surface area contributed by atoms with Crippen molar-refractivity contribution < 1.29 is 9.52 Å². The monoisotopic (exact) mass is 320 g/mol. The molecular weight excluding hydrogens is 296 g/mol. The highest BCUT2D eigenvalue weighted by atomic mass is 16.4. The van der Waals surface area contributed by atoms with Crippen molar-refractivity contribution in [2.75, 3.05) is 13.1 Å². The zero-order valence-corrected chi connectivity index (χ0v) is 13.8. The zero-order valence-electron chi connectivity index (χ0n) is 13.8. The lowest BCUT2D eigenvalue weighted by molar-refractivity contribution is 0.0386. The van der Waals surface area contributed by atoms with Gasteiger partial charge in [-0.05, 0) is 32.9 Å². The van der Waals surface area contributed by atoms with Gasteiger partial charge in [-0.1, -0.05) is 0 Å². The molecule has 0 fully saturated rings. The van der Waals surface area contributed by atoms with E-state index in [2.05, 4.69) is 25.8 Å². The van der Waals surface area contributed by atoms with Gasteiger partial charge in [-0.25, -0.2) is 4.99 Å². The second-order valence-corrected chi connectivity index (χ2v) is 5.33. The van der Waals surface area contributed by atoms with Gasteiger partial charge in [0.2, 0.25) is 0 Å². The predicted octanol–water partition coefficient (Wildman–Crippen LogP) is 0.854. The molecule has 2 rings (SSSR count). The van der Waals surface area contributed by atoms with Crippen LogP contribution >= 0.6 is 0 Å². The molecule has 2 aromatic rings. The predicted molar refractivity (Wildman–Crippen MR) is 86.8 cm³/mol. The fourth-order valence-corrected chi connectivity index (χ4v) is 2.08. The molecule has 0 aliphatic carbocycles. The average Bonchev–Trinajstić information content (AvgIpc) is 3.20. The first-order valence-corrected chi connectivity index (χ1v) is 7.72. The minimum Gasteiger partial charge on any atom is -0.466 e. The molecule has 23 heavy (non-hydrogen) atoms. The van der Waals surface area contributed by atoms with Crippen LogP contribution in [0.15, 0.2) is 34.1 Å². The van der Waals surface area contributed by atoms with Crippen molar-refractivity contribution in [3.63, 3.8) is 0 Å². The normalized spacial score (nSPS) is 14.5. The van der Waals surface area contributed by atoms with E-state index in [1.807, 2.05) is 18.4 Å². The summed E-state index contributed by atoms with van der Waals surface area (Å²) in [6.45, 7) is 7.90. The Hall–Kier alpha value is -2.35. The third-order valence-electron chi connectivity index (χ3n) is 3.41. The number of aryl methyl sites for hydroxylation is 1. The maximum absolute atomic E-state index is 10.5. The number of nitrogens with zero attached hydrogens (tertiary/aromatic N) is 4. The Labute approximate surface area is 135 Å². The molecule has 0 saturated heterocycles. The summed E-state index contributed by atoms with van der Waals surface area (Å²) in [6.07, 6.45) is 3.23. The van der Waals surface area contributed by atoms with Gasteiger partial charge >= 0.3 is 0 Å². The van der Waals surface area contributed by atoms with Crippen LogP contribution in [-0.2, 0) is 18.7 Å². The Morgan fingerprint density at radius 2 is 2.26 bits per heavy atom. The summed E-state index contributed by atoms with van der Waals surface area (Å²) < 4.78 is 7.20. The van der Waals surface area contributed by atoms with Gasteiger partial charge in [0.05, 0.1) is 12.8 Å². The van der Waals surface area contributed by atoms with Crippen molar-refractivity contribution in [1.29, 1.82) is 0 Å². The highest BCUT2D eigenvalue weighted by molar-refractivity contribution is 5.79. The molecule has 0 spiro atoms. The highest BCUT2D eigenvalue weighted by Crippen LogP contribution is 2.19. The van der Waals surface area contributed by atoms with Gasteiger partial charge < -0.3 is 24.7 Å². The molecule has 0 aromatic carbocycles. The molecule has 8 heteroatoms. The number of hydrogen-bond acceptors (Lipinski definition) is 5. The first-order chi connectivity index (χ1) is 11.1. The van der Waals surface area contributed by atoms with Gasteiger partial charge in [0.15, 0.2) is 11.8 Å². The minimum atomic E-state index is -1.12. The van der Waals surface area contributed by atoms with Crippen LogP contribution in [0.4, 0.5) is 0 Å². The Kier molecular flexibility index (Phi) is 5.75. The second-order valence-electron chi connectivity index (χ2n) is 5.33. The number of rotatable bonds is 7. The van der Waals surface area contributed by atoms with Crippen molar-refractivity contribution in [3.8, 4) is 0 Å². The van der Waals surface area contributed by atoms with Gasteiger partial charge in [0.1, 0.15) is 24.2 Å². The molecule has 3 N–H and O–H groups in total. The molecule has 0 saturated carbocycles. The van der Waals surface area contributed by atoms with E-state index < -0.39 is 5.60 Å². The quantitative estimate of drug-likeness (QED) is 0.517. The van der Waals surface area contributed by atoms with Gasteiger partial charge in [-0.2, -0.15) is 0 Å². The van der Waals surface area contributed by atoms with Crippen molar-refractivity contribution in [2.24, 2.45) is 4.99 Å². The molecule has 0 aliphatic rings. The van der Waals surface area contributed by atoms with E-state index in [1.165, 1.54) is 0 Å². The number of aromatic nitrogens is 3. The van der Waals surface area contributed by atoms with Crippen molar-refractivity contribution >= 4 is 5.96 Å². The van der Waals surface area contributed by atoms with Crippen LogP contribution in [0, 0.1) is 0 Å². The van der Waals surface area contributed by atoms with E-state index in [-0.39, 0.29) is 6.54 Å². The molecular formula is C15H24N6O2. The fourth-order valence-electron chi connectivity index (χ4n) is 2.08. The lowest BCUT2D eigenvalue weighted by atomic mass is 10.0. The van der Waals surface area contributed by atoms with Crippen LogP contribution in [0.1, 0.15) is 32.4 Å². The third-order valence-corrected chi connectivity index (χ3v) is 3.41. The molecule has 8 nitrogen and oxygen atoms in total. The fraction of sp³-hybridized carbons (Fsp3) is 0.533. The number of hydrogen-bond donors (Lipinski definition) is 3. The molecule has 1 unspecified atom stereocenters. The summed E-state index contributed by atoms with van der Waals surface area (Å²) >= 11 is 0. The summed E-state index contributed by atoms with van der Waals surface area (Å²) in [4.78, 5) is 4.48. The molecule has 2 aromatic heterocycles. The van der Waals surface area contributed by atoms with Crippen molar-refractivity contribution in [1.82, 2.24) is 25.4 Å². The van der Waals surface area contributed by atoms with Crippen molar-refractivity contribution in [3.05, 3.63) is 36.3 Å². The van der Waals surface area contributed by atoms with Crippen molar-refractivity contribution in [2.45, 2.75) is 39.5 Å². The number of aliphatic imine (C=N–C) groups is 1. The Balaban J connectivity index is 1.99. The molecule has 0 aliphatic heterocycles. The molecule has 0 bridgehead atoms. The zero-order chi connectivity index (χ0) is 16.7. The van der Waals surface area contributed by atoms with E-state index in [0.717, 1.165) is 18.9 Å².